The summed E-state index contributed by atoms with van der Waals surface area (Å²) in [6.45, 7) is 1.70. The Bertz CT molecular complexity index is 1180. The molecule has 0 aliphatic carbocycles. The number of phenolic OH excluding ortho intramolecular Hbond substituents is 1. The van der Waals surface area contributed by atoms with E-state index in [0.29, 0.717) is 16.7 Å². The van der Waals surface area contributed by atoms with Gasteiger partial charge in [-0.1, -0.05) is 12.1 Å². The topological polar surface area (TPSA) is 146 Å². The predicted octanol–water partition coefficient (Wildman–Crippen LogP) is 2.21. The Morgan fingerprint density at radius 3 is 2.32 bits per heavy atom. The first-order valence-electron chi connectivity index (χ1n) is 10.1. The number of hydrogen-bond acceptors (Lipinski definition) is 10. The van der Waals surface area contributed by atoms with Gasteiger partial charge in [0.15, 0.2) is 28.8 Å². The van der Waals surface area contributed by atoms with Crippen molar-refractivity contribution in [2.75, 3.05) is 13.7 Å². The van der Waals surface area contributed by atoms with Gasteiger partial charge in [-0.05, 0) is 41.5 Å². The summed E-state index contributed by atoms with van der Waals surface area (Å²) in [7, 11) is 1.20. The molecule has 0 saturated heterocycles. The predicted molar refractivity (Wildman–Crippen MR) is 116 cm³/mol. The monoisotopic (exact) mass is 470 g/mol. The molecule has 1 aliphatic heterocycles. The van der Waals surface area contributed by atoms with Gasteiger partial charge in [-0.15, -0.1) is 0 Å². The van der Waals surface area contributed by atoms with Gasteiger partial charge in [-0.3, -0.25) is 19.2 Å². The average molecular weight is 470 g/mol. The Labute approximate surface area is 194 Å². The molecule has 0 amide bonds. The first kappa shape index (κ1) is 24.5. The van der Waals surface area contributed by atoms with Gasteiger partial charge in [-0.2, -0.15) is 0 Å². The number of aliphatic hydroxyl groups is 1. The van der Waals surface area contributed by atoms with Crippen molar-refractivity contribution in [1.29, 1.82) is 0 Å². The molecule has 1 aliphatic rings. The number of fused-ring (bicyclic) bond motifs is 1. The summed E-state index contributed by atoms with van der Waals surface area (Å²) in [6.07, 6.45) is 1.54. The molecule has 2 aromatic carbocycles. The molecule has 0 fully saturated rings. The highest BCUT2D eigenvalue weighted by molar-refractivity contribution is 5.94. The fourth-order valence-corrected chi connectivity index (χ4v) is 3.53. The number of ether oxygens (including phenoxy) is 4. The number of hydrogen-bond donors (Lipinski definition) is 2. The van der Waals surface area contributed by atoms with Crippen molar-refractivity contribution in [3.8, 4) is 23.0 Å². The lowest BCUT2D eigenvalue weighted by Crippen LogP contribution is -2.20. The molecule has 3 rings (SSSR count). The SMILES string of the molecule is COC(=O)[C@@H]1c2cc(/C=C/C(=O)CO)cc(O)c2O[C@H]1c1ccc(OC(C)=O)c(OC(C)=O)c1. The van der Waals surface area contributed by atoms with E-state index in [1.807, 2.05) is 0 Å². The van der Waals surface area contributed by atoms with E-state index in [9.17, 15) is 24.3 Å². The zero-order valence-corrected chi connectivity index (χ0v) is 18.6. The van der Waals surface area contributed by atoms with E-state index in [1.54, 1.807) is 6.07 Å². The fraction of sp³-hybridized carbons (Fsp3) is 0.250. The van der Waals surface area contributed by atoms with Crippen molar-refractivity contribution in [2.24, 2.45) is 0 Å². The summed E-state index contributed by atoms with van der Waals surface area (Å²) in [5, 5.41) is 19.4. The van der Waals surface area contributed by atoms with Crippen molar-refractivity contribution < 1.29 is 48.3 Å². The standard InChI is InChI=1S/C24H22O10/c1-12(26)32-19-7-5-15(10-20(19)33-13(2)27)22-21(24(30)31-3)17-8-14(4-6-16(28)11-25)9-18(29)23(17)34-22/h4-10,21-22,25,29H,11H2,1-3H3/b6-4+/t21-,22+/m1/s1. The molecule has 2 N–H and O–H groups in total. The molecule has 2 aromatic rings. The third-order valence-corrected chi connectivity index (χ3v) is 4.88. The summed E-state index contributed by atoms with van der Waals surface area (Å²) in [4.78, 5) is 47.1. The first-order valence-corrected chi connectivity index (χ1v) is 10.1. The molecule has 10 heteroatoms. The van der Waals surface area contributed by atoms with Crippen molar-refractivity contribution in [3.05, 3.63) is 53.1 Å². The highest BCUT2D eigenvalue weighted by Crippen LogP contribution is 2.52. The molecule has 10 nitrogen and oxygen atoms in total. The van der Waals surface area contributed by atoms with Crippen molar-refractivity contribution in [1.82, 2.24) is 0 Å². The van der Waals surface area contributed by atoms with Crippen molar-refractivity contribution >= 4 is 29.8 Å². The van der Waals surface area contributed by atoms with Crippen LogP contribution in [0.2, 0.25) is 0 Å². The molecule has 178 valence electrons. The normalized spacial score (nSPS) is 16.5. The molecule has 34 heavy (non-hydrogen) atoms. The van der Waals surface area contributed by atoms with Gasteiger partial charge in [0.1, 0.15) is 18.6 Å². The van der Waals surface area contributed by atoms with Crippen LogP contribution >= 0.6 is 0 Å². The van der Waals surface area contributed by atoms with E-state index >= 15 is 0 Å². The van der Waals surface area contributed by atoms with Gasteiger partial charge in [0.05, 0.1) is 7.11 Å². The summed E-state index contributed by atoms with van der Waals surface area (Å²) in [6, 6.07) is 7.20. The number of carbonyl (C=O) groups excluding carboxylic acids is 4. The van der Waals surface area contributed by atoms with E-state index in [-0.39, 0.29) is 23.0 Å². The lowest BCUT2D eigenvalue weighted by molar-refractivity contribution is -0.144. The van der Waals surface area contributed by atoms with Crippen LogP contribution in [0.1, 0.15) is 42.6 Å². The molecule has 0 radical (unpaired) electrons. The number of carbonyl (C=O) groups is 4. The Hall–Kier alpha value is -4.18. The van der Waals surface area contributed by atoms with Crippen LogP contribution in [0.3, 0.4) is 0 Å². The summed E-state index contributed by atoms with van der Waals surface area (Å²) >= 11 is 0. The third-order valence-electron chi connectivity index (χ3n) is 4.88. The highest BCUT2D eigenvalue weighted by Gasteiger charge is 2.43. The number of ketones is 1. The molecule has 0 unspecified atom stereocenters. The number of phenols is 1. The van der Waals surface area contributed by atoms with Crippen LogP contribution in [0.25, 0.3) is 6.08 Å². The first-order chi connectivity index (χ1) is 16.1. The lowest BCUT2D eigenvalue weighted by atomic mass is 9.90. The molecule has 0 saturated carbocycles. The maximum Gasteiger partial charge on any atom is 0.317 e. The molecule has 0 aromatic heterocycles. The van der Waals surface area contributed by atoms with Gasteiger partial charge in [-0.25, -0.2) is 0 Å². The third kappa shape index (κ3) is 5.24. The van der Waals surface area contributed by atoms with Crippen LogP contribution in [-0.4, -0.2) is 47.6 Å². The van der Waals surface area contributed by atoms with Crippen LogP contribution in [0.15, 0.2) is 36.4 Å². The van der Waals surface area contributed by atoms with Gasteiger partial charge < -0.3 is 29.2 Å². The van der Waals surface area contributed by atoms with Gasteiger partial charge in [0, 0.05) is 19.4 Å². The second kappa shape index (κ2) is 10.2. The minimum absolute atomic E-state index is 0.000371. The Balaban J connectivity index is 2.07. The molecule has 0 spiro atoms. The van der Waals surface area contributed by atoms with Crippen molar-refractivity contribution in [3.63, 3.8) is 0 Å². The number of rotatable bonds is 7. The number of methoxy groups -OCH3 is 1. The van der Waals surface area contributed by atoms with Crippen LogP contribution < -0.4 is 14.2 Å². The number of esters is 3. The average Bonchev–Trinajstić information content (AvgIpc) is 3.17. The number of aromatic hydroxyl groups is 1. The summed E-state index contributed by atoms with van der Waals surface area (Å²) in [5.41, 5.74) is 1.08. The largest absolute Gasteiger partial charge is 0.504 e. The zero-order valence-electron chi connectivity index (χ0n) is 18.6. The van der Waals surface area contributed by atoms with Gasteiger partial charge >= 0.3 is 17.9 Å². The second-order valence-corrected chi connectivity index (χ2v) is 7.35. The molecular weight excluding hydrogens is 448 g/mol. The van der Waals surface area contributed by atoms with E-state index in [4.69, 9.17) is 24.1 Å². The lowest BCUT2D eigenvalue weighted by Gasteiger charge is -2.19. The van der Waals surface area contributed by atoms with E-state index in [2.05, 4.69) is 0 Å². The summed E-state index contributed by atoms with van der Waals surface area (Å²) in [5.74, 6) is -3.78. The zero-order chi connectivity index (χ0) is 25.0. The maximum atomic E-state index is 12.7. The molecular formula is C24H22O10. The number of aliphatic hydroxyl groups excluding tert-OH is 1. The highest BCUT2D eigenvalue weighted by atomic mass is 16.6. The number of benzene rings is 2. The van der Waals surface area contributed by atoms with Crippen LogP contribution in [0, 0.1) is 0 Å². The van der Waals surface area contributed by atoms with E-state index in [0.717, 1.165) is 6.08 Å². The minimum atomic E-state index is -1.02. The Morgan fingerprint density at radius 1 is 1.03 bits per heavy atom. The fourth-order valence-electron chi connectivity index (χ4n) is 3.53. The van der Waals surface area contributed by atoms with Crippen LogP contribution in [0.5, 0.6) is 23.0 Å². The van der Waals surface area contributed by atoms with Gasteiger partial charge in [0.25, 0.3) is 0 Å². The minimum Gasteiger partial charge on any atom is -0.504 e. The van der Waals surface area contributed by atoms with E-state index < -0.39 is 42.3 Å². The quantitative estimate of drug-likeness (QED) is 0.351. The summed E-state index contributed by atoms with van der Waals surface area (Å²) < 4.78 is 21.1. The van der Waals surface area contributed by atoms with Crippen LogP contribution in [-0.2, 0) is 23.9 Å². The maximum absolute atomic E-state index is 12.7. The molecule has 1 heterocycles. The Morgan fingerprint density at radius 2 is 1.71 bits per heavy atom. The molecule has 2 atom stereocenters. The Kier molecular flexibility index (Phi) is 7.32. The second-order valence-electron chi connectivity index (χ2n) is 7.35. The molecule has 0 bridgehead atoms. The van der Waals surface area contributed by atoms with Crippen LogP contribution in [0.4, 0.5) is 0 Å². The van der Waals surface area contributed by atoms with Crippen molar-refractivity contribution in [2.45, 2.75) is 25.9 Å². The van der Waals surface area contributed by atoms with Gasteiger partial charge in [0.2, 0.25) is 0 Å². The smallest absolute Gasteiger partial charge is 0.317 e. The van der Waals surface area contributed by atoms with E-state index in [1.165, 1.54) is 51.3 Å².